The number of unbranched alkanes of at least 4 members (excludes halogenated alkanes) is 46. The van der Waals surface area contributed by atoms with Crippen LogP contribution in [0.15, 0.2) is 24.3 Å². The number of hydrogen-bond acceptors (Lipinski definition) is 5. The van der Waals surface area contributed by atoms with Crippen molar-refractivity contribution in [1.82, 2.24) is 5.32 Å². The standard InChI is InChI=1S/C66H127NO5/c1-3-5-7-9-11-13-15-17-19-21-22-23-24-25-26-27-28-30-34-38-42-46-50-54-58-64(69)63(62-68)67-65(70)59-55-51-47-43-39-35-31-29-33-37-41-45-49-53-57-61-72-66(71)60-56-52-48-44-40-36-32-20-18-16-14-12-10-8-6-4-2/h14,16,20,32,63-64,68-69H,3-13,15,17-19,21-31,33-62H2,1-2H3,(H,67,70)/b16-14-,32-20-. The second-order valence-corrected chi connectivity index (χ2v) is 22.5. The van der Waals surface area contributed by atoms with E-state index in [2.05, 4.69) is 43.5 Å². The average molecular weight is 1010 g/mol. The first-order chi connectivity index (χ1) is 35.5. The number of carbonyl (C=O) groups excluding carboxylic acids is 2. The molecule has 72 heavy (non-hydrogen) atoms. The van der Waals surface area contributed by atoms with E-state index in [9.17, 15) is 19.8 Å². The van der Waals surface area contributed by atoms with Crippen molar-refractivity contribution in [3.8, 4) is 0 Å². The SMILES string of the molecule is CCCCCC/C=C\C/C=C\CCCCCCCC(=O)OCCCCCCCCCCCCCCCCCC(=O)NC(CO)C(O)CCCCCCCCCCCCCCCCCCCCCCCCCC. The lowest BCUT2D eigenvalue weighted by molar-refractivity contribution is -0.143. The number of hydrogen-bond donors (Lipinski definition) is 3. The minimum atomic E-state index is -0.672. The average Bonchev–Trinajstić information content (AvgIpc) is 3.38. The van der Waals surface area contributed by atoms with Crippen LogP contribution in [0.25, 0.3) is 0 Å². The van der Waals surface area contributed by atoms with Crippen LogP contribution in [0, 0.1) is 0 Å². The van der Waals surface area contributed by atoms with E-state index < -0.39 is 12.1 Å². The Morgan fingerprint density at radius 2 is 0.694 bits per heavy atom. The van der Waals surface area contributed by atoms with Gasteiger partial charge in [0.25, 0.3) is 0 Å². The molecule has 0 heterocycles. The second kappa shape index (κ2) is 61.9. The molecule has 0 aromatic carbocycles. The lowest BCUT2D eigenvalue weighted by Crippen LogP contribution is -2.45. The topological polar surface area (TPSA) is 95.9 Å². The number of aliphatic hydroxyl groups excluding tert-OH is 2. The maximum atomic E-state index is 12.5. The Kier molecular flexibility index (Phi) is 60.5. The van der Waals surface area contributed by atoms with Crippen molar-refractivity contribution in [2.24, 2.45) is 0 Å². The fourth-order valence-electron chi connectivity index (χ4n) is 10.3. The molecule has 2 atom stereocenters. The summed E-state index contributed by atoms with van der Waals surface area (Å²) in [7, 11) is 0. The molecule has 6 heteroatoms. The highest BCUT2D eigenvalue weighted by atomic mass is 16.5. The third kappa shape index (κ3) is 57.6. The largest absolute Gasteiger partial charge is 0.466 e. The Balaban J connectivity index is 3.43. The number of ether oxygens (including phenoxy) is 1. The van der Waals surface area contributed by atoms with Crippen molar-refractivity contribution in [1.29, 1.82) is 0 Å². The van der Waals surface area contributed by atoms with Crippen molar-refractivity contribution >= 4 is 11.9 Å². The summed E-state index contributed by atoms with van der Waals surface area (Å²) in [5.41, 5.74) is 0. The number of allylic oxidation sites excluding steroid dienone is 4. The van der Waals surface area contributed by atoms with Crippen LogP contribution in [0.2, 0.25) is 0 Å². The summed E-state index contributed by atoms with van der Waals surface area (Å²) >= 11 is 0. The smallest absolute Gasteiger partial charge is 0.305 e. The van der Waals surface area contributed by atoms with Gasteiger partial charge in [-0.1, -0.05) is 314 Å². The molecule has 2 unspecified atom stereocenters. The van der Waals surface area contributed by atoms with Crippen LogP contribution < -0.4 is 5.32 Å². The Morgan fingerprint density at radius 3 is 1.07 bits per heavy atom. The highest BCUT2D eigenvalue weighted by Gasteiger charge is 2.20. The monoisotopic (exact) mass is 1010 g/mol. The Bertz CT molecular complexity index is 1120. The molecule has 0 aromatic rings. The molecule has 3 N–H and O–H groups in total. The van der Waals surface area contributed by atoms with Gasteiger partial charge in [-0.2, -0.15) is 0 Å². The lowest BCUT2D eigenvalue weighted by atomic mass is 10.0. The van der Waals surface area contributed by atoms with Crippen LogP contribution in [0.5, 0.6) is 0 Å². The van der Waals surface area contributed by atoms with Crippen molar-refractivity contribution in [3.05, 3.63) is 24.3 Å². The van der Waals surface area contributed by atoms with Gasteiger partial charge in [0.1, 0.15) is 0 Å². The van der Waals surface area contributed by atoms with Gasteiger partial charge < -0.3 is 20.3 Å². The van der Waals surface area contributed by atoms with E-state index in [0.717, 1.165) is 57.8 Å². The minimum absolute atomic E-state index is 0.0116. The summed E-state index contributed by atoms with van der Waals surface area (Å²) in [6.07, 6.45) is 76.2. The predicted molar refractivity (Wildman–Crippen MR) is 315 cm³/mol. The van der Waals surface area contributed by atoms with Gasteiger partial charge in [0, 0.05) is 12.8 Å². The van der Waals surface area contributed by atoms with Gasteiger partial charge in [-0.25, -0.2) is 0 Å². The van der Waals surface area contributed by atoms with Crippen molar-refractivity contribution in [3.63, 3.8) is 0 Å². The van der Waals surface area contributed by atoms with Crippen molar-refractivity contribution in [2.75, 3.05) is 13.2 Å². The molecule has 0 aliphatic rings. The minimum Gasteiger partial charge on any atom is -0.466 e. The summed E-state index contributed by atoms with van der Waals surface area (Å²) in [6.45, 7) is 4.94. The molecule has 0 saturated carbocycles. The number of amides is 1. The van der Waals surface area contributed by atoms with Crippen LogP contribution in [0.4, 0.5) is 0 Å². The predicted octanol–water partition coefficient (Wildman–Crippen LogP) is 20.6. The first kappa shape index (κ1) is 70.3. The Hall–Kier alpha value is -1.66. The van der Waals surface area contributed by atoms with Gasteiger partial charge in [-0.3, -0.25) is 9.59 Å². The number of esters is 1. The summed E-state index contributed by atoms with van der Waals surface area (Å²) in [6, 6.07) is -0.550. The lowest BCUT2D eigenvalue weighted by Gasteiger charge is -2.22. The highest BCUT2D eigenvalue weighted by molar-refractivity contribution is 5.76. The first-order valence-electron chi connectivity index (χ1n) is 32.6. The van der Waals surface area contributed by atoms with E-state index >= 15 is 0 Å². The van der Waals surface area contributed by atoms with Crippen LogP contribution in [0.3, 0.4) is 0 Å². The van der Waals surface area contributed by atoms with Gasteiger partial charge in [-0.15, -0.1) is 0 Å². The highest BCUT2D eigenvalue weighted by Crippen LogP contribution is 2.18. The molecule has 6 nitrogen and oxygen atoms in total. The van der Waals surface area contributed by atoms with E-state index in [0.29, 0.717) is 25.9 Å². The summed E-state index contributed by atoms with van der Waals surface area (Å²) in [5.74, 6) is -0.0516. The molecule has 0 aliphatic heterocycles. The molecular formula is C66H127NO5. The fraction of sp³-hybridized carbons (Fsp3) is 0.909. The van der Waals surface area contributed by atoms with E-state index in [1.807, 2.05) is 0 Å². The van der Waals surface area contributed by atoms with Crippen LogP contribution in [0.1, 0.15) is 361 Å². The zero-order valence-corrected chi connectivity index (χ0v) is 48.7. The Labute approximate surface area is 450 Å². The molecule has 0 radical (unpaired) electrons. The van der Waals surface area contributed by atoms with E-state index in [1.54, 1.807) is 0 Å². The zero-order chi connectivity index (χ0) is 52.2. The van der Waals surface area contributed by atoms with Crippen LogP contribution in [-0.4, -0.2) is 47.4 Å². The van der Waals surface area contributed by atoms with Gasteiger partial charge in [0.2, 0.25) is 5.91 Å². The van der Waals surface area contributed by atoms with Crippen molar-refractivity contribution in [2.45, 2.75) is 373 Å². The molecule has 0 aliphatic carbocycles. The number of aliphatic hydroxyl groups is 2. The molecule has 1 amide bonds. The van der Waals surface area contributed by atoms with E-state index in [4.69, 9.17) is 4.74 Å². The van der Waals surface area contributed by atoms with Gasteiger partial charge in [0.15, 0.2) is 0 Å². The van der Waals surface area contributed by atoms with E-state index in [1.165, 1.54) is 270 Å². The quantitative estimate of drug-likeness (QED) is 0.0320. The first-order valence-corrected chi connectivity index (χ1v) is 32.6. The zero-order valence-electron chi connectivity index (χ0n) is 48.7. The molecule has 0 aromatic heterocycles. The summed E-state index contributed by atoms with van der Waals surface area (Å²) < 4.78 is 5.48. The maximum Gasteiger partial charge on any atom is 0.305 e. The summed E-state index contributed by atoms with van der Waals surface area (Å²) in [5, 5.41) is 23.4. The second-order valence-electron chi connectivity index (χ2n) is 22.5. The van der Waals surface area contributed by atoms with Crippen LogP contribution >= 0.6 is 0 Å². The normalized spacial score (nSPS) is 12.7. The molecule has 0 saturated heterocycles. The molecule has 0 rings (SSSR count). The maximum absolute atomic E-state index is 12.5. The van der Waals surface area contributed by atoms with Gasteiger partial charge in [-0.05, 0) is 57.8 Å². The molecular weight excluding hydrogens is 887 g/mol. The van der Waals surface area contributed by atoms with Gasteiger partial charge in [0.05, 0.1) is 25.4 Å². The van der Waals surface area contributed by atoms with Gasteiger partial charge >= 0.3 is 5.97 Å². The molecule has 426 valence electrons. The number of rotatable bonds is 61. The fourth-order valence-corrected chi connectivity index (χ4v) is 10.3. The van der Waals surface area contributed by atoms with Crippen LogP contribution in [-0.2, 0) is 14.3 Å². The Morgan fingerprint density at radius 1 is 0.389 bits per heavy atom. The third-order valence-corrected chi connectivity index (χ3v) is 15.3. The van der Waals surface area contributed by atoms with E-state index in [-0.39, 0.29) is 18.5 Å². The molecule has 0 spiro atoms. The van der Waals surface area contributed by atoms with Crippen molar-refractivity contribution < 1.29 is 24.5 Å². The number of carbonyl (C=O) groups is 2. The summed E-state index contributed by atoms with van der Waals surface area (Å²) in [4.78, 5) is 24.6. The molecule has 0 bridgehead atoms. The number of nitrogens with one attached hydrogen (secondary N) is 1. The third-order valence-electron chi connectivity index (χ3n) is 15.3. The molecule has 0 fully saturated rings.